The second kappa shape index (κ2) is 12.1. The van der Waals surface area contributed by atoms with Crippen LogP contribution in [0.3, 0.4) is 0 Å². The van der Waals surface area contributed by atoms with Crippen molar-refractivity contribution in [2.75, 3.05) is 6.61 Å². The van der Waals surface area contributed by atoms with Gasteiger partial charge in [0.05, 0.1) is 4.90 Å². The van der Waals surface area contributed by atoms with Crippen LogP contribution in [-0.4, -0.2) is 39.9 Å². The van der Waals surface area contributed by atoms with Crippen LogP contribution in [0.4, 0.5) is 22.0 Å². The summed E-state index contributed by atoms with van der Waals surface area (Å²) in [4.78, 5) is 23.1. The lowest BCUT2D eigenvalue weighted by atomic mass is 10.1. The Kier molecular flexibility index (Phi) is 9.63. The van der Waals surface area contributed by atoms with Gasteiger partial charge in [-0.25, -0.2) is 39.9 Å². The SMILES string of the molecule is O=C(COc1cc(I)c(S(=O)(=O)O)c(I)c1)Oc1ccc(S(=O)(=O)NC(=O)c2c(F)c(F)c(F)c(F)c2F)cc1. The maximum Gasteiger partial charge on any atom is 0.349 e. The molecule has 1 amide bonds. The molecule has 0 fully saturated rings. The van der Waals surface area contributed by atoms with Gasteiger partial charge in [0.15, 0.2) is 29.9 Å². The minimum atomic E-state index is -4.89. The molecule has 0 aliphatic rings. The molecule has 0 aromatic heterocycles. The highest BCUT2D eigenvalue weighted by Gasteiger charge is 2.32. The van der Waals surface area contributed by atoms with Crippen LogP contribution >= 0.6 is 45.2 Å². The quantitative estimate of drug-likeness (QED) is 0.0654. The molecule has 0 radical (unpaired) electrons. The Labute approximate surface area is 248 Å². The summed E-state index contributed by atoms with van der Waals surface area (Å²) >= 11 is 3.28. The molecular weight excluding hydrogens is 823 g/mol. The maximum atomic E-state index is 13.8. The number of hydrogen-bond donors (Lipinski definition) is 2. The Balaban J connectivity index is 1.68. The van der Waals surface area contributed by atoms with Crippen molar-refractivity contribution in [2.45, 2.75) is 9.79 Å². The average molecular weight is 833 g/mol. The average Bonchev–Trinajstić information content (AvgIpc) is 2.84. The number of esters is 1. The molecule has 40 heavy (non-hydrogen) atoms. The predicted octanol–water partition coefficient (Wildman–Crippen LogP) is 3.94. The van der Waals surface area contributed by atoms with Gasteiger partial charge in [-0.1, -0.05) is 0 Å². The summed E-state index contributed by atoms with van der Waals surface area (Å²) < 4.78 is 136. The van der Waals surface area contributed by atoms with E-state index in [2.05, 4.69) is 0 Å². The van der Waals surface area contributed by atoms with Crippen molar-refractivity contribution < 1.29 is 62.4 Å². The molecule has 0 unspecified atom stereocenters. The number of carbonyl (C=O) groups excluding carboxylic acids is 2. The lowest BCUT2D eigenvalue weighted by Gasteiger charge is -2.11. The first-order valence-electron chi connectivity index (χ1n) is 9.92. The first-order chi connectivity index (χ1) is 18.4. The van der Waals surface area contributed by atoms with Gasteiger partial charge in [0, 0.05) is 7.14 Å². The zero-order valence-electron chi connectivity index (χ0n) is 18.8. The lowest BCUT2D eigenvalue weighted by molar-refractivity contribution is -0.136. The number of rotatable bonds is 8. The van der Waals surface area contributed by atoms with Gasteiger partial charge in [0.2, 0.25) is 5.82 Å². The monoisotopic (exact) mass is 833 g/mol. The number of amides is 1. The van der Waals surface area contributed by atoms with E-state index >= 15 is 0 Å². The predicted molar refractivity (Wildman–Crippen MR) is 140 cm³/mol. The van der Waals surface area contributed by atoms with E-state index in [0.717, 1.165) is 24.3 Å². The van der Waals surface area contributed by atoms with Crippen LogP contribution in [0.25, 0.3) is 0 Å². The number of carbonyl (C=O) groups is 2. The van der Waals surface area contributed by atoms with Crippen molar-refractivity contribution in [3.8, 4) is 11.5 Å². The van der Waals surface area contributed by atoms with Crippen LogP contribution in [0.5, 0.6) is 11.5 Å². The highest BCUT2D eigenvalue weighted by Crippen LogP contribution is 2.29. The zero-order chi connectivity index (χ0) is 30.2. The smallest absolute Gasteiger partial charge is 0.349 e. The van der Waals surface area contributed by atoms with Crippen LogP contribution in [0.2, 0.25) is 0 Å². The van der Waals surface area contributed by atoms with Gasteiger partial charge in [-0.3, -0.25) is 9.35 Å². The molecule has 214 valence electrons. The molecular formula is C21H10F5I2NO9S2. The maximum absolute atomic E-state index is 13.8. The molecule has 10 nitrogen and oxygen atoms in total. The number of hydrogen-bond acceptors (Lipinski definition) is 8. The molecule has 2 N–H and O–H groups in total. The number of ether oxygens (including phenoxy) is 2. The van der Waals surface area contributed by atoms with Crippen molar-refractivity contribution in [3.05, 3.63) is 78.2 Å². The second-order valence-corrected chi connectivity index (χ2v) is 12.7. The third kappa shape index (κ3) is 6.98. The van der Waals surface area contributed by atoms with Gasteiger partial charge in [-0.05, 0) is 81.6 Å². The van der Waals surface area contributed by atoms with Crippen molar-refractivity contribution >= 4 is 77.2 Å². The zero-order valence-corrected chi connectivity index (χ0v) is 24.8. The molecule has 3 aromatic carbocycles. The van der Waals surface area contributed by atoms with E-state index in [9.17, 15) is 52.9 Å². The van der Waals surface area contributed by atoms with E-state index in [1.54, 1.807) is 45.2 Å². The number of sulfonamides is 1. The molecule has 3 aromatic rings. The molecule has 0 aliphatic heterocycles. The molecule has 0 bridgehead atoms. The largest absolute Gasteiger partial charge is 0.482 e. The van der Waals surface area contributed by atoms with Gasteiger partial charge in [-0.2, -0.15) is 8.42 Å². The fourth-order valence-corrected chi connectivity index (χ4v) is 7.84. The number of benzene rings is 3. The van der Waals surface area contributed by atoms with E-state index in [1.807, 2.05) is 0 Å². The normalized spacial score (nSPS) is 11.7. The van der Waals surface area contributed by atoms with Crippen LogP contribution in [0, 0.1) is 36.2 Å². The number of nitrogens with one attached hydrogen (secondary N) is 1. The standard InChI is InChI=1S/C21H10F5I2NO9S2/c22-15-14(16(23)18(25)19(26)17(15)24)21(31)29-39(32,33)10-3-1-8(2-4-10)38-13(30)7-37-9-5-11(27)20(12(28)6-9)40(34,35)36/h1-6H,7H2,(H,29,31)(H,34,35,36). The second-order valence-electron chi connectivity index (χ2n) is 7.30. The first-order valence-corrected chi connectivity index (χ1v) is 15.0. The highest BCUT2D eigenvalue weighted by molar-refractivity contribution is 14.1. The van der Waals surface area contributed by atoms with Crippen LogP contribution in [-0.2, 0) is 24.9 Å². The van der Waals surface area contributed by atoms with Gasteiger partial charge in [-0.15, -0.1) is 0 Å². The van der Waals surface area contributed by atoms with Gasteiger partial charge in [0.1, 0.15) is 22.0 Å². The third-order valence-corrected chi connectivity index (χ3v) is 9.35. The van der Waals surface area contributed by atoms with E-state index < -0.39 is 78.2 Å². The van der Waals surface area contributed by atoms with Crippen molar-refractivity contribution in [3.63, 3.8) is 0 Å². The highest BCUT2D eigenvalue weighted by atomic mass is 127. The molecule has 0 atom stereocenters. The van der Waals surface area contributed by atoms with Crippen molar-refractivity contribution in [2.24, 2.45) is 0 Å². The van der Waals surface area contributed by atoms with Crippen LogP contribution in [0.15, 0.2) is 46.2 Å². The summed E-state index contributed by atoms with van der Waals surface area (Å²) in [6.07, 6.45) is 0. The van der Waals surface area contributed by atoms with Crippen LogP contribution in [0.1, 0.15) is 10.4 Å². The molecule has 0 saturated carbocycles. The van der Waals surface area contributed by atoms with Gasteiger partial charge < -0.3 is 9.47 Å². The summed E-state index contributed by atoms with van der Waals surface area (Å²) in [5.74, 6) is -15.8. The van der Waals surface area contributed by atoms with E-state index in [1.165, 1.54) is 16.9 Å². The van der Waals surface area contributed by atoms with Gasteiger partial charge >= 0.3 is 5.97 Å². The Morgan fingerprint density at radius 3 is 1.75 bits per heavy atom. The third-order valence-electron chi connectivity index (χ3n) is 4.62. The number of halogens is 7. The molecule has 0 spiro atoms. The van der Waals surface area contributed by atoms with E-state index in [4.69, 9.17) is 9.47 Å². The molecule has 0 saturated heterocycles. The Morgan fingerprint density at radius 1 is 0.800 bits per heavy atom. The fraction of sp³-hybridized carbons (Fsp3) is 0.0476. The summed E-state index contributed by atoms with van der Waals surface area (Å²) in [5, 5.41) is 0. The van der Waals surface area contributed by atoms with Gasteiger partial charge in [0.25, 0.3) is 26.0 Å². The van der Waals surface area contributed by atoms with E-state index in [0.29, 0.717) is 0 Å². The Hall–Kier alpha value is -2.63. The molecule has 19 heteroatoms. The first kappa shape index (κ1) is 31.9. The summed E-state index contributed by atoms with van der Waals surface area (Å²) in [7, 11) is -9.39. The Morgan fingerprint density at radius 2 is 1.27 bits per heavy atom. The summed E-state index contributed by atoms with van der Waals surface area (Å²) in [5.41, 5.74) is -2.01. The van der Waals surface area contributed by atoms with E-state index in [-0.39, 0.29) is 23.5 Å². The van der Waals surface area contributed by atoms with Crippen molar-refractivity contribution in [1.82, 2.24) is 4.72 Å². The lowest BCUT2D eigenvalue weighted by Crippen LogP contribution is -2.32. The minimum absolute atomic E-state index is 0.0594. The fourth-order valence-electron chi connectivity index (χ4n) is 2.89. The molecule has 0 heterocycles. The van der Waals surface area contributed by atoms with Crippen LogP contribution < -0.4 is 14.2 Å². The Bertz CT molecular complexity index is 1700. The topological polar surface area (TPSA) is 153 Å². The molecule has 3 rings (SSSR count). The summed E-state index contributed by atoms with van der Waals surface area (Å²) in [6.45, 7) is -0.685. The molecule has 0 aliphatic carbocycles. The minimum Gasteiger partial charge on any atom is -0.482 e. The summed E-state index contributed by atoms with van der Waals surface area (Å²) in [6, 6.07) is 5.97. The van der Waals surface area contributed by atoms with Crippen molar-refractivity contribution in [1.29, 1.82) is 0 Å².